The van der Waals surface area contributed by atoms with Gasteiger partial charge >= 0.3 is 0 Å². The highest BCUT2D eigenvalue weighted by atomic mass is 35.5. The predicted octanol–water partition coefficient (Wildman–Crippen LogP) is 4.87. The maximum absolute atomic E-state index is 12.2. The third kappa shape index (κ3) is 4.08. The topological polar surface area (TPSA) is 99.2 Å². The summed E-state index contributed by atoms with van der Waals surface area (Å²) in [6.07, 6.45) is 4.50. The Kier molecular flexibility index (Phi) is 5.90. The van der Waals surface area contributed by atoms with E-state index in [2.05, 4.69) is 16.5 Å². The fourth-order valence-electron chi connectivity index (χ4n) is 4.28. The van der Waals surface area contributed by atoms with Crippen LogP contribution in [-0.2, 0) is 4.79 Å². The predicted molar refractivity (Wildman–Crippen MR) is 132 cm³/mol. The average Bonchev–Trinajstić information content (AvgIpc) is 3.26. The second-order valence-electron chi connectivity index (χ2n) is 8.10. The van der Waals surface area contributed by atoms with Crippen LogP contribution in [0.3, 0.4) is 0 Å². The number of rotatable bonds is 5. The van der Waals surface area contributed by atoms with E-state index in [4.69, 9.17) is 27.2 Å². The van der Waals surface area contributed by atoms with E-state index < -0.39 is 0 Å². The molecule has 2 aromatic carbocycles. The van der Waals surface area contributed by atoms with Crippen LogP contribution < -0.4 is 10.5 Å². The third-order valence-corrected chi connectivity index (χ3v) is 6.22. The molecule has 5 rings (SSSR count). The highest BCUT2D eigenvalue weighted by Crippen LogP contribution is 2.37. The van der Waals surface area contributed by atoms with Crippen LogP contribution in [0, 0.1) is 0 Å². The first-order valence-corrected chi connectivity index (χ1v) is 11.4. The number of para-hydroxylation sites is 1. The number of hydrogen-bond donors (Lipinski definition) is 1. The molecule has 0 aliphatic carbocycles. The van der Waals surface area contributed by atoms with Gasteiger partial charge in [0.1, 0.15) is 29.3 Å². The van der Waals surface area contributed by atoms with Gasteiger partial charge in [0.15, 0.2) is 5.65 Å². The van der Waals surface area contributed by atoms with Gasteiger partial charge in [0.25, 0.3) is 0 Å². The lowest BCUT2D eigenvalue weighted by atomic mass is 10.1. The molecule has 1 atom stereocenters. The summed E-state index contributed by atoms with van der Waals surface area (Å²) in [5.74, 6) is 1.48. The van der Waals surface area contributed by atoms with Crippen LogP contribution >= 0.6 is 11.6 Å². The molecular formula is C25H23ClN6O2. The van der Waals surface area contributed by atoms with Crippen molar-refractivity contribution in [3.63, 3.8) is 0 Å². The van der Waals surface area contributed by atoms with Gasteiger partial charge in [-0.15, -0.1) is 0 Å². The number of carbonyl (C=O) groups excluding carboxylic acids is 1. The quantitative estimate of drug-likeness (QED) is 0.414. The Balaban J connectivity index is 1.54. The van der Waals surface area contributed by atoms with Crippen LogP contribution in [0.4, 0.5) is 5.82 Å². The Labute approximate surface area is 201 Å². The third-order valence-electron chi connectivity index (χ3n) is 5.92. The minimum absolute atomic E-state index is 0.0423. The molecule has 3 heterocycles. The van der Waals surface area contributed by atoms with E-state index in [9.17, 15) is 4.79 Å². The maximum atomic E-state index is 12.2. The van der Waals surface area contributed by atoms with Crippen molar-refractivity contribution in [1.29, 1.82) is 0 Å². The monoisotopic (exact) mass is 474 g/mol. The van der Waals surface area contributed by atoms with E-state index >= 15 is 0 Å². The minimum atomic E-state index is -0.0867. The number of hydrogen-bond acceptors (Lipinski definition) is 6. The highest BCUT2D eigenvalue weighted by molar-refractivity contribution is 6.32. The Bertz CT molecular complexity index is 1370. The molecule has 2 N–H and O–H groups in total. The summed E-state index contributed by atoms with van der Waals surface area (Å²) in [5, 5.41) is 5.99. The minimum Gasteiger partial charge on any atom is -0.456 e. The number of fused-ring (bicyclic) bond motifs is 1. The van der Waals surface area contributed by atoms with E-state index in [1.165, 1.54) is 12.4 Å². The molecule has 0 radical (unpaired) electrons. The summed E-state index contributed by atoms with van der Waals surface area (Å²) < 4.78 is 7.76. The Morgan fingerprint density at radius 3 is 2.79 bits per heavy atom. The fourth-order valence-corrected chi connectivity index (χ4v) is 4.50. The molecular weight excluding hydrogens is 452 g/mol. The average molecular weight is 475 g/mol. The fraction of sp³-hybridized carbons (Fsp3) is 0.200. The first-order chi connectivity index (χ1) is 16.5. The number of ether oxygens (including phenoxy) is 1. The number of benzene rings is 2. The van der Waals surface area contributed by atoms with Crippen molar-refractivity contribution in [2.24, 2.45) is 0 Å². The van der Waals surface area contributed by atoms with Crippen molar-refractivity contribution in [2.45, 2.75) is 18.9 Å². The Morgan fingerprint density at radius 1 is 1.21 bits per heavy atom. The largest absolute Gasteiger partial charge is 0.456 e. The molecule has 1 fully saturated rings. The van der Waals surface area contributed by atoms with E-state index in [0.717, 1.165) is 18.4 Å². The number of likely N-dealkylation sites (tertiary alicyclic amines) is 1. The number of nitrogens with two attached hydrogens (primary N) is 1. The van der Waals surface area contributed by atoms with Crippen LogP contribution in [0.5, 0.6) is 11.5 Å². The second-order valence-corrected chi connectivity index (χ2v) is 8.50. The number of amides is 1. The maximum Gasteiger partial charge on any atom is 0.246 e. The zero-order valence-corrected chi connectivity index (χ0v) is 19.2. The van der Waals surface area contributed by atoms with Gasteiger partial charge in [-0.2, -0.15) is 5.10 Å². The Hall–Kier alpha value is -3.91. The van der Waals surface area contributed by atoms with Crippen molar-refractivity contribution in [3.05, 3.63) is 72.5 Å². The summed E-state index contributed by atoms with van der Waals surface area (Å²) in [6, 6.07) is 14.9. The summed E-state index contributed by atoms with van der Waals surface area (Å²) in [6.45, 7) is 4.83. The lowest BCUT2D eigenvalue weighted by Gasteiger charge is -2.32. The summed E-state index contributed by atoms with van der Waals surface area (Å²) >= 11 is 6.57. The molecule has 0 unspecified atom stereocenters. The molecule has 34 heavy (non-hydrogen) atoms. The molecule has 9 heteroatoms. The van der Waals surface area contributed by atoms with Gasteiger partial charge in [-0.25, -0.2) is 14.6 Å². The van der Waals surface area contributed by atoms with Gasteiger partial charge < -0.3 is 15.4 Å². The molecule has 1 aliphatic rings. The van der Waals surface area contributed by atoms with Crippen LogP contribution in [0.2, 0.25) is 5.02 Å². The molecule has 0 saturated carbocycles. The molecule has 1 amide bonds. The van der Waals surface area contributed by atoms with E-state index in [0.29, 0.717) is 52.2 Å². The van der Waals surface area contributed by atoms with Gasteiger partial charge in [0.2, 0.25) is 5.91 Å². The number of nitrogens with zero attached hydrogens (tertiary/aromatic N) is 5. The Morgan fingerprint density at radius 2 is 2.03 bits per heavy atom. The first kappa shape index (κ1) is 21.9. The smallest absolute Gasteiger partial charge is 0.246 e. The van der Waals surface area contributed by atoms with Crippen LogP contribution in [0.1, 0.15) is 18.9 Å². The lowest BCUT2D eigenvalue weighted by Crippen LogP contribution is -2.40. The molecule has 1 aliphatic heterocycles. The normalized spacial score (nSPS) is 15.9. The molecule has 8 nitrogen and oxygen atoms in total. The second kappa shape index (κ2) is 9.15. The van der Waals surface area contributed by atoms with E-state index in [1.54, 1.807) is 17.0 Å². The van der Waals surface area contributed by atoms with Crippen molar-refractivity contribution in [1.82, 2.24) is 24.6 Å². The number of aromatic nitrogens is 4. The lowest BCUT2D eigenvalue weighted by molar-refractivity contribution is -0.127. The number of piperidine rings is 1. The number of anilines is 1. The molecule has 0 spiro atoms. The van der Waals surface area contributed by atoms with Crippen molar-refractivity contribution in [3.8, 4) is 22.8 Å². The number of halogens is 1. The van der Waals surface area contributed by atoms with Gasteiger partial charge in [-0.05, 0) is 49.2 Å². The van der Waals surface area contributed by atoms with Gasteiger partial charge in [0, 0.05) is 18.7 Å². The van der Waals surface area contributed by atoms with Crippen LogP contribution in [0.15, 0.2) is 67.5 Å². The van der Waals surface area contributed by atoms with E-state index in [-0.39, 0.29) is 11.9 Å². The molecule has 2 aromatic heterocycles. The molecule has 4 aromatic rings. The summed E-state index contributed by atoms with van der Waals surface area (Å²) in [5.41, 5.74) is 8.29. The van der Waals surface area contributed by atoms with Crippen LogP contribution in [0.25, 0.3) is 22.3 Å². The summed E-state index contributed by atoms with van der Waals surface area (Å²) in [7, 11) is 0. The molecule has 0 bridgehead atoms. The number of carbonyl (C=O) groups is 1. The highest BCUT2D eigenvalue weighted by Gasteiger charge is 2.28. The van der Waals surface area contributed by atoms with E-state index in [1.807, 2.05) is 41.1 Å². The molecule has 172 valence electrons. The SMILES string of the molecule is C=CC(=O)N1CCC[C@@H](n2nc(-c3ccc(Oc4ccccc4)c(Cl)c3)c3c(N)ncnc32)C1. The zero-order valence-electron chi connectivity index (χ0n) is 18.4. The summed E-state index contributed by atoms with van der Waals surface area (Å²) in [4.78, 5) is 22.6. The zero-order chi connectivity index (χ0) is 23.7. The van der Waals surface area contributed by atoms with Crippen molar-refractivity contribution in [2.75, 3.05) is 18.8 Å². The van der Waals surface area contributed by atoms with Crippen LogP contribution in [-0.4, -0.2) is 43.6 Å². The van der Waals surface area contributed by atoms with Gasteiger partial charge in [0.05, 0.1) is 16.5 Å². The standard InChI is InChI=1S/C25H23ClN6O2/c1-2-21(33)31-12-6-7-17(14-31)32-25-22(24(27)28-15-29-25)23(30-32)16-10-11-20(19(26)13-16)34-18-8-4-3-5-9-18/h2-5,8-11,13,15,17H,1,6-7,12,14H2,(H2,27,28,29)/t17-/m1/s1. The van der Waals surface area contributed by atoms with Crippen molar-refractivity contribution < 1.29 is 9.53 Å². The van der Waals surface area contributed by atoms with Crippen molar-refractivity contribution >= 4 is 34.4 Å². The van der Waals surface area contributed by atoms with Gasteiger partial charge in [-0.1, -0.05) is 36.4 Å². The van der Waals surface area contributed by atoms with Gasteiger partial charge in [-0.3, -0.25) is 4.79 Å². The number of nitrogen functional groups attached to an aromatic ring is 1. The first-order valence-electron chi connectivity index (χ1n) is 11.0. The molecule has 1 saturated heterocycles.